The van der Waals surface area contributed by atoms with E-state index in [1.807, 2.05) is 0 Å². The van der Waals surface area contributed by atoms with Gasteiger partial charge in [-0.2, -0.15) is 0 Å². The van der Waals surface area contributed by atoms with E-state index in [0.717, 1.165) is 0 Å². The predicted molar refractivity (Wildman–Crippen MR) is 63.9 cm³/mol. The van der Waals surface area contributed by atoms with Gasteiger partial charge < -0.3 is 4.74 Å². The Morgan fingerprint density at radius 3 is 1.92 bits per heavy atom. The smallest absolute Gasteiger partial charge is 0.199 e. The molecule has 0 saturated heterocycles. The highest BCUT2D eigenvalue weighted by molar-refractivity contribution is 14.1. The average Bonchev–Trinajstić information content (AvgIpc) is 2.03. The maximum Gasteiger partial charge on any atom is 0.199 e. The lowest BCUT2D eigenvalue weighted by molar-refractivity contribution is 0.0856. The van der Waals surface area contributed by atoms with E-state index in [-0.39, 0.29) is 10.9 Å². The van der Waals surface area contributed by atoms with Crippen molar-refractivity contribution in [2.24, 2.45) is 0 Å². The Bertz CT molecular complexity index is 134. The first-order valence-electron chi connectivity index (χ1n) is 4.21. The van der Waals surface area contributed by atoms with E-state index in [1.54, 1.807) is 7.11 Å². The van der Waals surface area contributed by atoms with Crippen molar-refractivity contribution in [2.75, 3.05) is 7.11 Å². The van der Waals surface area contributed by atoms with Gasteiger partial charge in [0.1, 0.15) is 0 Å². The minimum absolute atomic E-state index is 0.0817. The zero-order valence-electron chi connectivity index (χ0n) is 8.86. The van der Waals surface area contributed by atoms with Crippen LogP contribution in [-0.4, -0.2) is 24.8 Å². The first-order valence-corrected chi connectivity index (χ1v) is 5.28. The zero-order valence-corrected chi connectivity index (χ0v) is 11.0. The third kappa shape index (κ3) is 2.89. The van der Waals surface area contributed by atoms with Gasteiger partial charge in [0, 0.05) is 40.9 Å². The van der Waals surface area contributed by atoms with Crippen molar-refractivity contribution < 1.29 is 4.74 Å². The van der Waals surface area contributed by atoms with Gasteiger partial charge in [-0.1, -0.05) is 20.7 Å². The highest BCUT2D eigenvalue weighted by Gasteiger charge is 2.40. The summed E-state index contributed by atoms with van der Waals surface area (Å²) in [6, 6.07) is 0. The predicted octanol–water partition coefficient (Wildman–Crippen LogP) is 2.33. The normalized spacial score (nSPS) is 13.2. The van der Waals surface area contributed by atoms with Crippen LogP contribution >= 0.6 is 22.9 Å². The van der Waals surface area contributed by atoms with Crippen molar-refractivity contribution in [3.63, 3.8) is 0 Å². The van der Waals surface area contributed by atoms with Crippen molar-refractivity contribution in [3.05, 3.63) is 0 Å². The summed E-state index contributed by atoms with van der Waals surface area (Å²) in [6.07, 6.45) is 0. The van der Waals surface area contributed by atoms with Gasteiger partial charge in [0.05, 0.1) is 0 Å². The van der Waals surface area contributed by atoms with Gasteiger partial charge in [0.25, 0.3) is 0 Å². The van der Waals surface area contributed by atoms with E-state index in [0.29, 0.717) is 6.71 Å². The van der Waals surface area contributed by atoms with Gasteiger partial charge in [-0.15, -0.1) is 0 Å². The van der Waals surface area contributed by atoms with Gasteiger partial charge in [0.15, 0.2) is 6.71 Å². The van der Waals surface area contributed by atoms with Crippen LogP contribution in [0.1, 0.15) is 27.7 Å². The molecule has 0 radical (unpaired) electrons. The van der Waals surface area contributed by atoms with Crippen LogP contribution in [0.4, 0.5) is 0 Å². The maximum atomic E-state index is 5.44. The second kappa shape index (κ2) is 4.29. The lowest BCUT2D eigenvalue weighted by atomic mass is 9.31. The zero-order chi connectivity index (χ0) is 9.99. The molecule has 0 saturated carbocycles. The van der Waals surface area contributed by atoms with E-state index in [4.69, 9.17) is 4.74 Å². The summed E-state index contributed by atoms with van der Waals surface area (Å²) in [6.45, 7) is 11.3. The number of ether oxygens (including phenoxy) is 1. The topological polar surface area (TPSA) is 21.3 Å². The number of rotatable bonds is 4. The molecular formula is C8H19BINO. The van der Waals surface area contributed by atoms with Crippen LogP contribution in [0.3, 0.4) is 0 Å². The molecule has 0 aliphatic heterocycles. The van der Waals surface area contributed by atoms with Gasteiger partial charge in [0.2, 0.25) is 0 Å². The molecule has 0 rings (SSSR count). The minimum atomic E-state index is -0.0817. The number of nitrogens with one attached hydrogen (secondary N) is 1. The standard InChI is InChI=1S/C8H19BINO/c1-7(2,11-10)9(5)8(3,4)12-6/h11H,1-6H3. The van der Waals surface area contributed by atoms with Crippen LogP contribution in [0.25, 0.3) is 0 Å². The molecule has 0 aromatic carbocycles. The van der Waals surface area contributed by atoms with E-state index >= 15 is 0 Å². The molecule has 0 aromatic rings. The van der Waals surface area contributed by atoms with Crippen molar-refractivity contribution in [1.29, 1.82) is 0 Å². The molecule has 4 heteroatoms. The van der Waals surface area contributed by atoms with Crippen LogP contribution in [-0.2, 0) is 4.74 Å². The summed E-state index contributed by atoms with van der Waals surface area (Å²) in [7, 11) is 1.76. The summed E-state index contributed by atoms with van der Waals surface area (Å²) in [5, 5.41) is 0. The van der Waals surface area contributed by atoms with E-state index in [9.17, 15) is 0 Å². The number of methoxy groups -OCH3 is 1. The number of halogens is 1. The Morgan fingerprint density at radius 1 is 1.25 bits per heavy atom. The first-order chi connectivity index (χ1) is 5.28. The molecule has 1 N–H and O–H groups in total. The van der Waals surface area contributed by atoms with Gasteiger partial charge in [-0.3, -0.25) is 3.53 Å². The van der Waals surface area contributed by atoms with E-state index in [2.05, 4.69) is 60.9 Å². The molecule has 0 spiro atoms. The molecule has 72 valence electrons. The van der Waals surface area contributed by atoms with Crippen molar-refractivity contribution in [1.82, 2.24) is 3.53 Å². The maximum absolute atomic E-state index is 5.44. The van der Waals surface area contributed by atoms with Gasteiger partial charge in [-0.05, 0) is 13.8 Å². The van der Waals surface area contributed by atoms with Crippen LogP contribution in [0, 0.1) is 0 Å². The highest BCUT2D eigenvalue weighted by atomic mass is 127. The van der Waals surface area contributed by atoms with Crippen molar-refractivity contribution in [3.8, 4) is 0 Å². The van der Waals surface area contributed by atoms with Crippen molar-refractivity contribution in [2.45, 2.75) is 45.5 Å². The Kier molecular flexibility index (Phi) is 4.54. The van der Waals surface area contributed by atoms with Crippen LogP contribution in [0.5, 0.6) is 0 Å². The summed E-state index contributed by atoms with van der Waals surface area (Å²) in [5.41, 5.74) is 0.0156. The monoisotopic (exact) mass is 283 g/mol. The molecule has 12 heavy (non-hydrogen) atoms. The summed E-state index contributed by atoms with van der Waals surface area (Å²) in [5.74, 6) is 0. The molecule has 0 aromatic heterocycles. The SMILES string of the molecule is COC(C)(C)B(C)C(C)(C)NI. The third-order valence-electron chi connectivity index (χ3n) is 2.89. The Hall–Kier alpha value is 0.715. The molecule has 0 aliphatic rings. The Morgan fingerprint density at radius 2 is 1.67 bits per heavy atom. The second-order valence-corrected chi connectivity index (χ2v) is 4.88. The lowest BCUT2D eigenvalue weighted by Gasteiger charge is -2.38. The molecule has 0 atom stereocenters. The molecule has 0 aliphatic carbocycles. The van der Waals surface area contributed by atoms with Gasteiger partial charge >= 0.3 is 0 Å². The molecule has 0 bridgehead atoms. The lowest BCUT2D eigenvalue weighted by Crippen LogP contribution is -2.58. The molecule has 2 nitrogen and oxygen atoms in total. The summed E-state index contributed by atoms with van der Waals surface area (Å²) >= 11 is 2.20. The molecule has 0 unspecified atom stereocenters. The van der Waals surface area contributed by atoms with E-state index < -0.39 is 0 Å². The first kappa shape index (κ1) is 12.7. The quantitative estimate of drug-likeness (QED) is 0.486. The highest BCUT2D eigenvalue weighted by Crippen LogP contribution is 2.22. The summed E-state index contributed by atoms with van der Waals surface area (Å²) in [4.78, 5) is 0. The molecular weight excluding hydrogens is 264 g/mol. The summed E-state index contributed by atoms with van der Waals surface area (Å²) < 4.78 is 8.72. The second-order valence-electron chi connectivity index (χ2n) is 4.35. The molecule has 0 amide bonds. The van der Waals surface area contributed by atoms with Crippen LogP contribution in [0.2, 0.25) is 6.82 Å². The number of hydrogen-bond acceptors (Lipinski definition) is 2. The largest absolute Gasteiger partial charge is 0.387 e. The van der Waals surface area contributed by atoms with Crippen molar-refractivity contribution >= 4 is 29.6 Å². The Labute approximate surface area is 90.4 Å². The van der Waals surface area contributed by atoms with Crippen LogP contribution in [0.15, 0.2) is 0 Å². The fourth-order valence-electron chi connectivity index (χ4n) is 1.13. The third-order valence-corrected chi connectivity index (χ3v) is 4.29. The van der Waals surface area contributed by atoms with Crippen LogP contribution < -0.4 is 3.53 Å². The van der Waals surface area contributed by atoms with E-state index in [1.165, 1.54) is 0 Å². The fourth-order valence-corrected chi connectivity index (χ4v) is 1.59. The fraction of sp³-hybridized carbons (Fsp3) is 1.00. The Balaban J connectivity index is 4.47. The number of hydrogen-bond donors (Lipinski definition) is 1. The minimum Gasteiger partial charge on any atom is -0.387 e. The van der Waals surface area contributed by atoms with Gasteiger partial charge in [-0.25, -0.2) is 0 Å². The average molecular weight is 283 g/mol. The molecule has 0 heterocycles. The molecule has 0 fully saturated rings.